The Hall–Kier alpha value is -1.01. The fourth-order valence-electron chi connectivity index (χ4n) is 1.13. The van der Waals surface area contributed by atoms with Gasteiger partial charge in [-0.05, 0) is 27.7 Å². The van der Waals surface area contributed by atoms with E-state index in [1.165, 1.54) is 0 Å². The van der Waals surface area contributed by atoms with Crippen molar-refractivity contribution in [1.82, 2.24) is 10.6 Å². The summed E-state index contributed by atoms with van der Waals surface area (Å²) in [5, 5.41) is 6.10. The summed E-state index contributed by atoms with van der Waals surface area (Å²) in [4.78, 5) is 11.4. The van der Waals surface area contributed by atoms with Crippen molar-refractivity contribution in [2.75, 3.05) is 6.54 Å². The molecular formula is C12H22N2O. The Kier molecular flexibility index (Phi) is 6.03. The van der Waals surface area contributed by atoms with Gasteiger partial charge in [-0.3, -0.25) is 4.79 Å². The van der Waals surface area contributed by atoms with Gasteiger partial charge in [0.05, 0.1) is 0 Å². The van der Waals surface area contributed by atoms with Gasteiger partial charge in [-0.1, -0.05) is 0 Å². The van der Waals surface area contributed by atoms with Gasteiger partial charge in [0.2, 0.25) is 5.91 Å². The number of amides is 1. The van der Waals surface area contributed by atoms with Crippen molar-refractivity contribution in [3.63, 3.8) is 0 Å². The van der Waals surface area contributed by atoms with Crippen LogP contribution >= 0.6 is 0 Å². The van der Waals surface area contributed by atoms with Crippen LogP contribution in [0.15, 0.2) is 0 Å². The lowest BCUT2D eigenvalue weighted by Gasteiger charge is -2.20. The van der Waals surface area contributed by atoms with Crippen molar-refractivity contribution >= 4 is 5.91 Å². The third-order valence-corrected chi connectivity index (χ3v) is 1.84. The minimum Gasteiger partial charge on any atom is -0.353 e. The zero-order valence-electron chi connectivity index (χ0n) is 10.2. The zero-order chi connectivity index (χ0) is 11.9. The topological polar surface area (TPSA) is 41.1 Å². The molecule has 0 heterocycles. The summed E-state index contributed by atoms with van der Waals surface area (Å²) < 4.78 is 0. The van der Waals surface area contributed by atoms with Gasteiger partial charge < -0.3 is 10.6 Å². The summed E-state index contributed by atoms with van der Waals surface area (Å²) in [6.07, 6.45) is 6.22. The average molecular weight is 210 g/mol. The minimum atomic E-state index is 0.0505. The van der Waals surface area contributed by atoms with Crippen LogP contribution in [0.5, 0.6) is 0 Å². The highest BCUT2D eigenvalue weighted by atomic mass is 16.1. The first-order valence-electron chi connectivity index (χ1n) is 5.33. The van der Waals surface area contributed by atoms with Gasteiger partial charge in [-0.15, -0.1) is 12.3 Å². The summed E-state index contributed by atoms with van der Waals surface area (Å²) in [6, 6.07) is 0.0668. The van der Waals surface area contributed by atoms with Gasteiger partial charge in [0.15, 0.2) is 0 Å². The van der Waals surface area contributed by atoms with E-state index < -0.39 is 0 Å². The molecule has 0 radical (unpaired) electrons. The smallest absolute Gasteiger partial charge is 0.221 e. The molecule has 1 unspecified atom stereocenters. The van der Waals surface area contributed by atoms with Gasteiger partial charge in [0.25, 0.3) is 0 Å². The number of hydrogen-bond donors (Lipinski definition) is 2. The van der Waals surface area contributed by atoms with Gasteiger partial charge in [-0.25, -0.2) is 0 Å². The first-order valence-corrected chi connectivity index (χ1v) is 5.33. The molecular weight excluding hydrogens is 188 g/mol. The van der Waals surface area contributed by atoms with Crippen LogP contribution in [-0.2, 0) is 4.79 Å². The average Bonchev–Trinajstić information content (AvgIpc) is 2.01. The molecule has 0 saturated heterocycles. The first kappa shape index (κ1) is 14.0. The van der Waals surface area contributed by atoms with Crippen LogP contribution in [0, 0.1) is 12.3 Å². The zero-order valence-corrected chi connectivity index (χ0v) is 10.2. The lowest BCUT2D eigenvalue weighted by Crippen LogP contribution is -2.39. The second kappa shape index (κ2) is 6.47. The summed E-state index contributed by atoms with van der Waals surface area (Å²) in [5.41, 5.74) is 0.0602. The molecule has 0 rings (SSSR count). The number of carbonyl (C=O) groups is 1. The Bertz CT molecular complexity index is 235. The van der Waals surface area contributed by atoms with Crippen molar-refractivity contribution in [1.29, 1.82) is 0 Å². The van der Waals surface area contributed by atoms with E-state index in [2.05, 4.69) is 37.3 Å². The normalized spacial score (nSPS) is 13.0. The lowest BCUT2D eigenvalue weighted by atomic mass is 10.1. The maximum absolute atomic E-state index is 11.4. The van der Waals surface area contributed by atoms with E-state index in [9.17, 15) is 4.79 Å². The summed E-state index contributed by atoms with van der Waals surface area (Å²) in [6.45, 7) is 8.83. The van der Waals surface area contributed by atoms with E-state index in [-0.39, 0.29) is 17.5 Å². The van der Waals surface area contributed by atoms with Crippen LogP contribution in [0.2, 0.25) is 0 Å². The molecule has 0 aromatic carbocycles. The fraction of sp³-hybridized carbons (Fsp3) is 0.750. The lowest BCUT2D eigenvalue weighted by molar-refractivity contribution is -0.121. The van der Waals surface area contributed by atoms with Crippen LogP contribution in [0.3, 0.4) is 0 Å². The largest absolute Gasteiger partial charge is 0.353 e. The van der Waals surface area contributed by atoms with E-state index in [1.54, 1.807) is 0 Å². The van der Waals surface area contributed by atoms with Gasteiger partial charge in [-0.2, -0.15) is 0 Å². The third-order valence-electron chi connectivity index (χ3n) is 1.84. The quantitative estimate of drug-likeness (QED) is 0.671. The molecule has 86 valence electrons. The molecule has 1 atom stereocenters. The van der Waals surface area contributed by atoms with Gasteiger partial charge in [0.1, 0.15) is 0 Å². The van der Waals surface area contributed by atoms with Crippen molar-refractivity contribution in [2.24, 2.45) is 0 Å². The van der Waals surface area contributed by atoms with Crippen LogP contribution in [0.1, 0.15) is 40.5 Å². The predicted molar refractivity (Wildman–Crippen MR) is 63.4 cm³/mol. The molecule has 3 nitrogen and oxygen atoms in total. The SMILES string of the molecule is C#CCC(C)NC(=O)CCNC(C)(C)C. The van der Waals surface area contributed by atoms with Crippen LogP contribution < -0.4 is 10.6 Å². The number of rotatable bonds is 5. The van der Waals surface area contributed by atoms with E-state index in [0.29, 0.717) is 19.4 Å². The molecule has 0 aromatic rings. The summed E-state index contributed by atoms with van der Waals surface area (Å²) in [5.74, 6) is 2.57. The number of carbonyl (C=O) groups excluding carboxylic acids is 1. The Morgan fingerprint density at radius 1 is 1.47 bits per heavy atom. The predicted octanol–water partition coefficient (Wildman–Crippen LogP) is 1.29. The number of hydrogen-bond acceptors (Lipinski definition) is 2. The molecule has 15 heavy (non-hydrogen) atoms. The van der Waals surface area contributed by atoms with Crippen LogP contribution in [0.4, 0.5) is 0 Å². The maximum atomic E-state index is 11.4. The third kappa shape index (κ3) is 9.30. The summed E-state index contributed by atoms with van der Waals surface area (Å²) in [7, 11) is 0. The Morgan fingerprint density at radius 3 is 2.53 bits per heavy atom. The molecule has 0 aliphatic carbocycles. The number of nitrogens with one attached hydrogen (secondary N) is 2. The van der Waals surface area contributed by atoms with Crippen molar-refractivity contribution in [2.45, 2.75) is 52.1 Å². The molecule has 0 bridgehead atoms. The van der Waals surface area contributed by atoms with Gasteiger partial charge >= 0.3 is 0 Å². The minimum absolute atomic E-state index is 0.0505. The molecule has 0 saturated carbocycles. The Morgan fingerprint density at radius 2 is 2.07 bits per heavy atom. The molecule has 0 aromatic heterocycles. The molecule has 0 fully saturated rings. The second-order valence-electron chi connectivity index (χ2n) is 4.80. The van der Waals surface area contributed by atoms with Crippen LogP contribution in [0.25, 0.3) is 0 Å². The Labute approximate surface area is 93.0 Å². The number of terminal acetylenes is 1. The van der Waals surface area contributed by atoms with Crippen LogP contribution in [-0.4, -0.2) is 24.0 Å². The molecule has 0 aliphatic rings. The first-order chi connectivity index (χ1) is 6.85. The van der Waals surface area contributed by atoms with Gasteiger partial charge in [0, 0.05) is 31.0 Å². The standard InChI is InChI=1S/C12H22N2O/c1-6-7-10(2)14-11(15)8-9-13-12(3,4)5/h1,10,13H,7-9H2,2-5H3,(H,14,15). The maximum Gasteiger partial charge on any atom is 0.221 e. The highest BCUT2D eigenvalue weighted by molar-refractivity contribution is 5.76. The van der Waals surface area contributed by atoms with E-state index in [0.717, 1.165) is 0 Å². The van der Waals surface area contributed by atoms with E-state index in [4.69, 9.17) is 6.42 Å². The van der Waals surface area contributed by atoms with Crippen molar-refractivity contribution < 1.29 is 4.79 Å². The molecule has 1 amide bonds. The highest BCUT2D eigenvalue weighted by Gasteiger charge is 2.10. The molecule has 2 N–H and O–H groups in total. The van der Waals surface area contributed by atoms with E-state index >= 15 is 0 Å². The summed E-state index contributed by atoms with van der Waals surface area (Å²) >= 11 is 0. The van der Waals surface area contributed by atoms with E-state index in [1.807, 2.05) is 6.92 Å². The fourth-order valence-corrected chi connectivity index (χ4v) is 1.13. The van der Waals surface area contributed by atoms with Crippen molar-refractivity contribution in [3.05, 3.63) is 0 Å². The molecule has 0 aliphatic heterocycles. The highest BCUT2D eigenvalue weighted by Crippen LogP contribution is 1.98. The monoisotopic (exact) mass is 210 g/mol. The van der Waals surface area contributed by atoms with Crippen molar-refractivity contribution in [3.8, 4) is 12.3 Å². The Balaban J connectivity index is 3.63. The second-order valence-corrected chi connectivity index (χ2v) is 4.80. The molecule has 3 heteroatoms. The molecule has 0 spiro atoms.